The smallest absolute Gasteiger partial charge is 0.246 e. The summed E-state index contributed by atoms with van der Waals surface area (Å²) in [7, 11) is 0. The highest BCUT2D eigenvalue weighted by Gasteiger charge is 2.25. The van der Waals surface area contributed by atoms with Crippen molar-refractivity contribution in [2.75, 3.05) is 25.0 Å². The molecule has 0 aliphatic carbocycles. The van der Waals surface area contributed by atoms with Crippen molar-refractivity contribution >= 4 is 17.8 Å². The van der Waals surface area contributed by atoms with E-state index >= 15 is 0 Å². The van der Waals surface area contributed by atoms with Gasteiger partial charge in [0.05, 0.1) is 18.2 Å². The molecule has 4 aromatic rings. The Hall–Kier alpha value is -4.23. The number of hydrogen-bond acceptors (Lipinski definition) is 4. The Kier molecular flexibility index (Phi) is 7.95. The summed E-state index contributed by atoms with van der Waals surface area (Å²) in [4.78, 5) is 33.0. The lowest BCUT2D eigenvalue weighted by atomic mass is 10.1. The maximum atomic E-state index is 13.4. The highest BCUT2D eigenvalue weighted by atomic mass is 16.5. The van der Waals surface area contributed by atoms with Crippen LogP contribution < -0.4 is 5.32 Å². The van der Waals surface area contributed by atoms with Crippen LogP contribution >= 0.6 is 0 Å². The van der Waals surface area contributed by atoms with Gasteiger partial charge < -0.3 is 9.64 Å². The zero-order valence-electron chi connectivity index (χ0n) is 21.5. The molecule has 1 saturated heterocycles. The molecular formula is C31H32N4O3. The van der Waals surface area contributed by atoms with E-state index in [2.05, 4.69) is 5.32 Å². The minimum absolute atomic E-state index is 0.0542. The van der Waals surface area contributed by atoms with Crippen LogP contribution in [0.1, 0.15) is 24.0 Å². The number of carbonyl (C=O) groups excluding carboxylic acids is 2. The normalized spacial score (nSPS) is 14.8. The fraction of sp³-hybridized carbons (Fsp3) is 0.258. The Morgan fingerprint density at radius 3 is 2.50 bits per heavy atom. The van der Waals surface area contributed by atoms with Crippen LogP contribution in [-0.4, -0.2) is 52.1 Å². The quantitative estimate of drug-likeness (QED) is 0.344. The average molecular weight is 509 g/mol. The van der Waals surface area contributed by atoms with E-state index in [0.717, 1.165) is 40.9 Å². The van der Waals surface area contributed by atoms with Crippen LogP contribution in [0.15, 0.2) is 91.1 Å². The number of nitrogens with zero attached hydrogens (tertiary/aromatic N) is 3. The minimum Gasteiger partial charge on any atom is -0.376 e. The van der Waals surface area contributed by atoms with Gasteiger partial charge in [0.25, 0.3) is 0 Å². The zero-order chi connectivity index (χ0) is 26.3. The van der Waals surface area contributed by atoms with E-state index in [1.54, 1.807) is 4.90 Å². The average Bonchev–Trinajstić information content (AvgIpc) is 3.60. The van der Waals surface area contributed by atoms with Crippen LogP contribution in [0.3, 0.4) is 0 Å². The van der Waals surface area contributed by atoms with Crippen molar-refractivity contribution < 1.29 is 14.3 Å². The van der Waals surface area contributed by atoms with Crippen molar-refractivity contribution in [1.82, 2.24) is 14.5 Å². The summed E-state index contributed by atoms with van der Waals surface area (Å²) in [5.41, 5.74) is 4.61. The number of rotatable bonds is 9. The first-order valence-electron chi connectivity index (χ1n) is 13.0. The van der Waals surface area contributed by atoms with Crippen molar-refractivity contribution in [2.45, 2.75) is 32.3 Å². The van der Waals surface area contributed by atoms with Crippen molar-refractivity contribution in [2.24, 2.45) is 0 Å². The molecule has 2 amide bonds. The molecule has 0 spiro atoms. The number of benzene rings is 3. The van der Waals surface area contributed by atoms with Gasteiger partial charge in [-0.2, -0.15) is 0 Å². The van der Waals surface area contributed by atoms with E-state index in [4.69, 9.17) is 9.72 Å². The molecule has 0 radical (unpaired) electrons. The summed E-state index contributed by atoms with van der Waals surface area (Å²) < 4.78 is 7.66. The number of ether oxygens (including phenoxy) is 1. The highest BCUT2D eigenvalue weighted by Crippen LogP contribution is 2.25. The first-order valence-corrected chi connectivity index (χ1v) is 13.0. The second-order valence-electron chi connectivity index (χ2n) is 9.64. The fourth-order valence-electron chi connectivity index (χ4n) is 4.70. The molecule has 1 atom stereocenters. The van der Waals surface area contributed by atoms with Crippen LogP contribution in [0.25, 0.3) is 16.9 Å². The molecule has 3 aromatic carbocycles. The van der Waals surface area contributed by atoms with Gasteiger partial charge in [0.2, 0.25) is 17.8 Å². The van der Waals surface area contributed by atoms with Gasteiger partial charge in [-0.1, -0.05) is 72.8 Å². The van der Waals surface area contributed by atoms with Gasteiger partial charge in [-0.05, 0) is 43.0 Å². The Morgan fingerprint density at radius 1 is 1.03 bits per heavy atom. The number of carbonyl (C=O) groups is 2. The van der Waals surface area contributed by atoms with Gasteiger partial charge in [-0.15, -0.1) is 0 Å². The number of aryl methyl sites for hydroxylation is 1. The number of aromatic nitrogens is 2. The summed E-state index contributed by atoms with van der Waals surface area (Å²) in [5, 5.41) is 2.97. The molecule has 7 nitrogen and oxygen atoms in total. The molecule has 0 saturated carbocycles. The van der Waals surface area contributed by atoms with E-state index in [1.165, 1.54) is 0 Å². The SMILES string of the molecule is Cc1cccc(-n2cc(-c3ccccc3)nc2NC(=O)CN(C[C@H]2CCCO2)C(=O)Cc2ccccc2)c1. The van der Waals surface area contributed by atoms with Crippen molar-refractivity contribution in [3.05, 3.63) is 102 Å². The molecule has 0 bridgehead atoms. The van der Waals surface area contributed by atoms with Crippen LogP contribution in [0.5, 0.6) is 0 Å². The van der Waals surface area contributed by atoms with E-state index in [1.807, 2.05) is 103 Å². The monoisotopic (exact) mass is 508 g/mol. The standard InChI is InChI=1S/C31H32N4O3/c1-23-10-8-15-26(18-23)35-21-28(25-13-6-3-7-14-25)32-31(35)33-29(36)22-34(20-27-16-9-17-38-27)30(37)19-24-11-4-2-5-12-24/h2-8,10-15,18,21,27H,9,16-17,19-20,22H2,1H3,(H,32,33,36)/t27-/m1/s1. The Morgan fingerprint density at radius 2 is 1.79 bits per heavy atom. The molecule has 7 heteroatoms. The molecule has 194 valence electrons. The molecule has 1 fully saturated rings. The van der Waals surface area contributed by atoms with Gasteiger partial charge in [0, 0.05) is 30.6 Å². The summed E-state index contributed by atoms with van der Waals surface area (Å²) in [6, 6.07) is 27.5. The van der Waals surface area contributed by atoms with E-state index in [0.29, 0.717) is 19.1 Å². The van der Waals surface area contributed by atoms with Gasteiger partial charge in [0.15, 0.2) is 0 Å². The Bertz CT molecular complexity index is 1380. The molecular weight excluding hydrogens is 476 g/mol. The van der Waals surface area contributed by atoms with Crippen LogP contribution in [0.2, 0.25) is 0 Å². The molecule has 5 rings (SSSR count). The number of imidazole rings is 1. The third-order valence-electron chi connectivity index (χ3n) is 6.64. The molecule has 2 heterocycles. The van der Waals surface area contributed by atoms with E-state index < -0.39 is 0 Å². The van der Waals surface area contributed by atoms with Crippen LogP contribution in [0, 0.1) is 6.92 Å². The molecule has 1 N–H and O–H groups in total. The van der Waals surface area contributed by atoms with Crippen molar-refractivity contribution in [1.29, 1.82) is 0 Å². The molecule has 38 heavy (non-hydrogen) atoms. The molecule has 0 unspecified atom stereocenters. The first kappa shape index (κ1) is 25.4. The van der Waals surface area contributed by atoms with Gasteiger partial charge in [-0.25, -0.2) is 4.98 Å². The second kappa shape index (κ2) is 11.9. The highest BCUT2D eigenvalue weighted by molar-refractivity contribution is 5.94. The largest absolute Gasteiger partial charge is 0.376 e. The number of hydrogen-bond donors (Lipinski definition) is 1. The van der Waals surface area contributed by atoms with Crippen LogP contribution in [0.4, 0.5) is 5.95 Å². The second-order valence-corrected chi connectivity index (χ2v) is 9.64. The summed E-state index contributed by atoms with van der Waals surface area (Å²) in [6.07, 6.45) is 3.95. The molecule has 1 aromatic heterocycles. The molecule has 1 aliphatic heterocycles. The first-order chi connectivity index (χ1) is 18.5. The van der Waals surface area contributed by atoms with Gasteiger partial charge >= 0.3 is 0 Å². The van der Waals surface area contributed by atoms with Crippen molar-refractivity contribution in [3.63, 3.8) is 0 Å². The Labute approximate surface area is 223 Å². The summed E-state index contributed by atoms with van der Waals surface area (Å²) in [6.45, 7) is 3.03. The number of anilines is 1. The molecule has 1 aliphatic rings. The zero-order valence-corrected chi connectivity index (χ0v) is 21.5. The van der Waals surface area contributed by atoms with Crippen LogP contribution in [-0.2, 0) is 20.7 Å². The summed E-state index contributed by atoms with van der Waals surface area (Å²) >= 11 is 0. The van der Waals surface area contributed by atoms with Gasteiger partial charge in [0.1, 0.15) is 6.54 Å². The van der Waals surface area contributed by atoms with E-state index in [-0.39, 0.29) is 30.9 Å². The lowest BCUT2D eigenvalue weighted by molar-refractivity contribution is -0.135. The Balaban J connectivity index is 1.38. The third-order valence-corrected chi connectivity index (χ3v) is 6.64. The summed E-state index contributed by atoms with van der Waals surface area (Å²) in [5.74, 6) is 0.00408. The topological polar surface area (TPSA) is 76.5 Å². The number of amides is 2. The van der Waals surface area contributed by atoms with E-state index in [9.17, 15) is 9.59 Å². The maximum absolute atomic E-state index is 13.4. The predicted molar refractivity (Wildman–Crippen MR) is 148 cm³/mol. The third kappa shape index (κ3) is 6.36. The van der Waals surface area contributed by atoms with Crippen molar-refractivity contribution in [3.8, 4) is 16.9 Å². The lowest BCUT2D eigenvalue weighted by Gasteiger charge is -2.25. The number of nitrogens with one attached hydrogen (secondary N) is 1. The lowest BCUT2D eigenvalue weighted by Crippen LogP contribution is -2.43. The maximum Gasteiger partial charge on any atom is 0.246 e. The fourth-order valence-corrected chi connectivity index (χ4v) is 4.70. The van der Waals surface area contributed by atoms with Gasteiger partial charge in [-0.3, -0.25) is 19.5 Å². The predicted octanol–water partition coefficient (Wildman–Crippen LogP) is 5.04. The minimum atomic E-state index is -0.302.